The van der Waals surface area contributed by atoms with E-state index in [1.165, 1.54) is 15.2 Å². The molecule has 22 heavy (non-hydrogen) atoms. The molecule has 0 aliphatic heterocycles. The summed E-state index contributed by atoms with van der Waals surface area (Å²) in [5.41, 5.74) is 0.649. The van der Waals surface area contributed by atoms with Crippen LogP contribution in [0.4, 0.5) is 5.69 Å². The number of aromatic nitrogens is 3. The van der Waals surface area contributed by atoms with Crippen LogP contribution in [-0.2, 0) is 20.0 Å². The lowest BCUT2D eigenvalue weighted by atomic mass is 10.3. The van der Waals surface area contributed by atoms with E-state index in [2.05, 4.69) is 23.3 Å². The van der Waals surface area contributed by atoms with Gasteiger partial charge in [0, 0.05) is 24.9 Å². The van der Waals surface area contributed by atoms with E-state index in [-0.39, 0.29) is 17.9 Å². The van der Waals surface area contributed by atoms with Crippen LogP contribution in [-0.4, -0.2) is 20.8 Å². The maximum absolute atomic E-state index is 12.4. The van der Waals surface area contributed by atoms with Gasteiger partial charge >= 0.3 is 5.69 Å². The molecule has 0 radical (unpaired) electrons. The molecule has 6 nitrogen and oxygen atoms in total. The van der Waals surface area contributed by atoms with E-state index < -0.39 is 5.56 Å². The summed E-state index contributed by atoms with van der Waals surface area (Å²) < 4.78 is 2.55. The Hall–Kier alpha value is -2.28. The average Bonchev–Trinajstić information content (AvgIpc) is 2.80. The van der Waals surface area contributed by atoms with Gasteiger partial charge in [-0.25, -0.2) is 9.78 Å². The van der Waals surface area contributed by atoms with Gasteiger partial charge in [0.2, 0.25) is 0 Å². The maximum atomic E-state index is 12.4. The molecule has 0 saturated heterocycles. The zero-order valence-electron chi connectivity index (χ0n) is 12.9. The standard InChI is InChI=1S/C15H18N4O2S/c1-6-11-13(16-4)14(20)19(15(21)18(11)5)8-7-12-9(2)17-10(3)22-12/h6H,1,4,7-8H2,2-3,5H3. The maximum Gasteiger partial charge on any atom is 0.331 e. The molecule has 2 aromatic heterocycles. The van der Waals surface area contributed by atoms with Crippen LogP contribution >= 0.6 is 11.3 Å². The molecule has 0 amide bonds. The van der Waals surface area contributed by atoms with Gasteiger partial charge in [-0.3, -0.25) is 18.9 Å². The smallest absolute Gasteiger partial charge is 0.295 e. The molecule has 0 unspecified atom stereocenters. The molecule has 2 rings (SSSR count). The Kier molecular flexibility index (Phi) is 4.56. The van der Waals surface area contributed by atoms with Gasteiger partial charge in [0.25, 0.3) is 5.56 Å². The van der Waals surface area contributed by atoms with Crippen molar-refractivity contribution in [1.82, 2.24) is 14.1 Å². The third-order valence-corrected chi connectivity index (χ3v) is 4.62. The minimum absolute atomic E-state index is 0.148. The van der Waals surface area contributed by atoms with Crippen LogP contribution in [0.25, 0.3) is 6.08 Å². The van der Waals surface area contributed by atoms with Crippen LogP contribution in [0.2, 0.25) is 0 Å². The quantitative estimate of drug-likeness (QED) is 0.790. The fourth-order valence-electron chi connectivity index (χ4n) is 2.37. The van der Waals surface area contributed by atoms with Gasteiger partial charge in [-0.15, -0.1) is 11.3 Å². The van der Waals surface area contributed by atoms with E-state index in [4.69, 9.17) is 0 Å². The molecule has 0 saturated carbocycles. The van der Waals surface area contributed by atoms with E-state index in [0.717, 1.165) is 15.6 Å². The predicted octanol–water partition coefficient (Wildman–Crippen LogP) is 1.84. The predicted molar refractivity (Wildman–Crippen MR) is 90.5 cm³/mol. The van der Waals surface area contributed by atoms with Crippen molar-refractivity contribution >= 4 is 29.8 Å². The summed E-state index contributed by atoms with van der Waals surface area (Å²) in [7, 11) is 1.59. The van der Waals surface area contributed by atoms with Crippen molar-refractivity contribution in [3.05, 3.63) is 48.7 Å². The molecular weight excluding hydrogens is 300 g/mol. The monoisotopic (exact) mass is 318 g/mol. The lowest BCUT2D eigenvalue weighted by molar-refractivity contribution is 0.591. The van der Waals surface area contributed by atoms with Gasteiger partial charge in [0.05, 0.1) is 16.4 Å². The molecule has 0 N–H and O–H groups in total. The summed E-state index contributed by atoms with van der Waals surface area (Å²) in [5, 5.41) is 0.975. The second kappa shape index (κ2) is 6.23. The molecule has 7 heteroatoms. The van der Waals surface area contributed by atoms with Gasteiger partial charge in [-0.05, 0) is 26.6 Å². The first kappa shape index (κ1) is 16.1. The van der Waals surface area contributed by atoms with Crippen LogP contribution in [0, 0.1) is 13.8 Å². The second-order valence-electron chi connectivity index (χ2n) is 4.89. The molecular formula is C15H18N4O2S. The highest BCUT2D eigenvalue weighted by atomic mass is 32.1. The van der Waals surface area contributed by atoms with Crippen LogP contribution < -0.4 is 11.2 Å². The zero-order valence-corrected chi connectivity index (χ0v) is 13.7. The molecule has 116 valence electrons. The highest BCUT2D eigenvalue weighted by Crippen LogP contribution is 2.18. The fraction of sp³-hybridized carbons (Fsp3) is 0.333. The van der Waals surface area contributed by atoms with Gasteiger partial charge in [0.15, 0.2) is 5.69 Å². The first-order valence-corrected chi connectivity index (χ1v) is 7.58. The summed E-state index contributed by atoms with van der Waals surface area (Å²) in [6.45, 7) is 11.2. The first-order chi connectivity index (χ1) is 10.4. The highest BCUT2D eigenvalue weighted by molar-refractivity contribution is 7.11. The topological polar surface area (TPSA) is 69.2 Å². The van der Waals surface area contributed by atoms with Crippen LogP contribution in [0.1, 0.15) is 21.3 Å². The van der Waals surface area contributed by atoms with Crippen molar-refractivity contribution in [2.75, 3.05) is 0 Å². The third-order valence-electron chi connectivity index (χ3n) is 3.48. The highest BCUT2D eigenvalue weighted by Gasteiger charge is 2.15. The average molecular weight is 318 g/mol. The summed E-state index contributed by atoms with van der Waals surface area (Å²) in [4.78, 5) is 34.0. The lowest BCUT2D eigenvalue weighted by Gasteiger charge is -2.11. The zero-order chi connectivity index (χ0) is 16.4. The summed E-state index contributed by atoms with van der Waals surface area (Å²) in [5.74, 6) is 0. The van der Waals surface area contributed by atoms with E-state index in [1.54, 1.807) is 18.4 Å². The minimum Gasteiger partial charge on any atom is -0.295 e. The molecule has 0 aromatic carbocycles. The van der Waals surface area contributed by atoms with Crippen LogP contribution in [0.5, 0.6) is 0 Å². The van der Waals surface area contributed by atoms with Crippen LogP contribution in [0.15, 0.2) is 21.2 Å². The van der Waals surface area contributed by atoms with Gasteiger partial charge < -0.3 is 0 Å². The number of rotatable bonds is 5. The number of hydrogen-bond acceptors (Lipinski definition) is 5. The number of nitrogens with zero attached hydrogens (tertiary/aromatic N) is 4. The summed E-state index contributed by atoms with van der Waals surface area (Å²) >= 11 is 1.58. The molecule has 0 bridgehead atoms. The Morgan fingerprint density at radius 1 is 1.36 bits per heavy atom. The Bertz CT molecular complexity index is 858. The molecule has 0 fully saturated rings. The van der Waals surface area contributed by atoms with Gasteiger partial charge in [-0.1, -0.05) is 6.58 Å². The van der Waals surface area contributed by atoms with E-state index in [0.29, 0.717) is 12.1 Å². The van der Waals surface area contributed by atoms with Crippen molar-refractivity contribution in [2.24, 2.45) is 12.0 Å². The Balaban J connectivity index is 2.48. The summed E-state index contributed by atoms with van der Waals surface area (Å²) in [6, 6.07) is 0. The van der Waals surface area contributed by atoms with E-state index in [9.17, 15) is 9.59 Å². The van der Waals surface area contributed by atoms with Crippen molar-refractivity contribution in [2.45, 2.75) is 26.8 Å². The second-order valence-corrected chi connectivity index (χ2v) is 6.17. The van der Waals surface area contributed by atoms with Gasteiger partial charge in [0.1, 0.15) is 0 Å². The summed E-state index contributed by atoms with van der Waals surface area (Å²) in [6.07, 6.45) is 2.02. The molecule has 2 heterocycles. The number of hydrogen-bond donors (Lipinski definition) is 0. The number of thiazole rings is 1. The molecule has 0 atom stereocenters. The van der Waals surface area contributed by atoms with Gasteiger partial charge in [-0.2, -0.15) is 0 Å². The lowest BCUT2D eigenvalue weighted by Crippen LogP contribution is -2.40. The van der Waals surface area contributed by atoms with Crippen molar-refractivity contribution in [3.63, 3.8) is 0 Å². The number of aliphatic imine (C=N–C) groups is 1. The van der Waals surface area contributed by atoms with Crippen molar-refractivity contribution in [1.29, 1.82) is 0 Å². The fourth-order valence-corrected chi connectivity index (χ4v) is 3.29. The van der Waals surface area contributed by atoms with Crippen LogP contribution in [0.3, 0.4) is 0 Å². The number of aryl methyl sites for hydroxylation is 3. The normalized spacial score (nSPS) is 10.7. The molecule has 2 aromatic rings. The van der Waals surface area contributed by atoms with E-state index in [1.807, 2.05) is 13.8 Å². The Labute approximate surface area is 132 Å². The minimum atomic E-state index is -0.438. The first-order valence-electron chi connectivity index (χ1n) is 6.76. The largest absolute Gasteiger partial charge is 0.331 e. The van der Waals surface area contributed by atoms with Crippen molar-refractivity contribution in [3.8, 4) is 0 Å². The Morgan fingerprint density at radius 3 is 2.55 bits per heavy atom. The van der Waals surface area contributed by atoms with Crippen molar-refractivity contribution < 1.29 is 0 Å². The third kappa shape index (κ3) is 2.71. The van der Waals surface area contributed by atoms with E-state index >= 15 is 0 Å². The molecule has 0 spiro atoms. The molecule has 0 aliphatic rings. The SMILES string of the molecule is C=Cc1c(N=C)c(=O)n(CCc2sc(C)nc2C)c(=O)n1C. The molecule has 0 aliphatic carbocycles. The Morgan fingerprint density at radius 2 is 2.05 bits per heavy atom.